The van der Waals surface area contributed by atoms with Gasteiger partial charge in [-0.15, -0.1) is 0 Å². The molecular formula is C22H32O6. The summed E-state index contributed by atoms with van der Waals surface area (Å²) in [7, 11) is 0. The van der Waals surface area contributed by atoms with Gasteiger partial charge in [-0.2, -0.15) is 0 Å². The first kappa shape index (κ1) is 20.0. The van der Waals surface area contributed by atoms with Gasteiger partial charge in [0.05, 0.1) is 29.6 Å². The second-order valence-electron chi connectivity index (χ2n) is 10.4. The van der Waals surface area contributed by atoms with Crippen molar-refractivity contribution in [3.05, 3.63) is 12.2 Å². The minimum absolute atomic E-state index is 0.0160. The first-order valence-electron chi connectivity index (χ1n) is 10.3. The van der Waals surface area contributed by atoms with Crippen LogP contribution >= 0.6 is 0 Å². The molecule has 3 N–H and O–H groups in total. The summed E-state index contributed by atoms with van der Waals surface area (Å²) >= 11 is 0. The summed E-state index contributed by atoms with van der Waals surface area (Å²) in [5, 5.41) is 33.7. The van der Waals surface area contributed by atoms with Gasteiger partial charge in [0.15, 0.2) is 5.78 Å². The normalized spacial score (nSPS) is 52.0. The Hall–Kier alpha value is -1.24. The zero-order valence-electron chi connectivity index (χ0n) is 17.1. The molecule has 0 aliphatic heterocycles. The molecule has 0 heterocycles. The van der Waals surface area contributed by atoms with Crippen LogP contribution < -0.4 is 0 Å². The lowest BCUT2D eigenvalue weighted by Gasteiger charge is -2.66. The van der Waals surface area contributed by atoms with Gasteiger partial charge in [0, 0.05) is 12.3 Å². The lowest BCUT2D eigenvalue weighted by atomic mass is 9.39. The number of esters is 1. The van der Waals surface area contributed by atoms with Gasteiger partial charge in [0.2, 0.25) is 0 Å². The smallest absolute Gasteiger partial charge is 0.302 e. The quantitative estimate of drug-likeness (QED) is 0.463. The summed E-state index contributed by atoms with van der Waals surface area (Å²) in [6.07, 6.45) is -1.37. The van der Waals surface area contributed by atoms with E-state index in [4.69, 9.17) is 4.74 Å². The molecule has 6 nitrogen and oxygen atoms in total. The van der Waals surface area contributed by atoms with E-state index < -0.39 is 53.1 Å². The summed E-state index contributed by atoms with van der Waals surface area (Å²) in [5.41, 5.74) is -1.94. The standard InChI is InChI=1S/C22H32O6/c1-10-17-12(28-11(2)23)8-14-21(5)13(20(3,4)7-6-15(21)24)9-16(25)22(14,18(10)26)19(17)27/h12-17,19,24-25,27H,1,6-9H2,2-5H3/t12-,13+,14-,15-,16+,17+,19+,21+,22-/m1/s1. The second-order valence-corrected chi connectivity index (χ2v) is 10.4. The number of hydrogen-bond donors (Lipinski definition) is 3. The number of aliphatic hydroxyl groups is 3. The molecule has 156 valence electrons. The molecule has 6 heteroatoms. The van der Waals surface area contributed by atoms with Crippen molar-refractivity contribution in [1.29, 1.82) is 0 Å². The Morgan fingerprint density at radius 3 is 2.36 bits per heavy atom. The van der Waals surface area contributed by atoms with Crippen LogP contribution in [0, 0.1) is 34.0 Å². The van der Waals surface area contributed by atoms with Crippen molar-refractivity contribution < 1.29 is 29.6 Å². The van der Waals surface area contributed by atoms with E-state index in [-0.39, 0.29) is 22.7 Å². The zero-order valence-corrected chi connectivity index (χ0v) is 17.1. The number of rotatable bonds is 1. The average Bonchev–Trinajstić information content (AvgIpc) is 2.72. The van der Waals surface area contributed by atoms with E-state index in [0.717, 1.165) is 6.42 Å². The molecule has 28 heavy (non-hydrogen) atoms. The predicted octanol–water partition coefficient (Wildman–Crippen LogP) is 1.61. The maximum Gasteiger partial charge on any atom is 0.302 e. The molecule has 2 bridgehead atoms. The number of aliphatic hydroxyl groups excluding tert-OH is 3. The third-order valence-corrected chi connectivity index (χ3v) is 8.91. The molecule has 0 saturated heterocycles. The van der Waals surface area contributed by atoms with Crippen LogP contribution in [0.4, 0.5) is 0 Å². The maximum absolute atomic E-state index is 13.4. The fourth-order valence-corrected chi connectivity index (χ4v) is 7.64. The van der Waals surface area contributed by atoms with Crippen molar-refractivity contribution in [2.75, 3.05) is 0 Å². The van der Waals surface area contributed by atoms with Gasteiger partial charge in [-0.3, -0.25) is 9.59 Å². The molecule has 1 spiro atoms. The van der Waals surface area contributed by atoms with Crippen LogP contribution in [-0.4, -0.2) is 51.5 Å². The molecule has 0 aromatic heterocycles. The zero-order chi connectivity index (χ0) is 20.8. The van der Waals surface area contributed by atoms with Crippen LogP contribution in [0.5, 0.6) is 0 Å². The minimum Gasteiger partial charge on any atom is -0.462 e. The van der Waals surface area contributed by atoms with Crippen LogP contribution in [0.1, 0.15) is 53.4 Å². The van der Waals surface area contributed by atoms with E-state index in [9.17, 15) is 24.9 Å². The summed E-state index contributed by atoms with van der Waals surface area (Å²) in [6.45, 7) is 11.5. The molecule has 9 atom stereocenters. The Labute approximate surface area is 166 Å². The molecular weight excluding hydrogens is 360 g/mol. The highest BCUT2D eigenvalue weighted by molar-refractivity contribution is 6.04. The molecule has 4 saturated carbocycles. The van der Waals surface area contributed by atoms with Gasteiger partial charge in [-0.25, -0.2) is 0 Å². The summed E-state index contributed by atoms with van der Waals surface area (Å²) < 4.78 is 5.53. The molecule has 0 unspecified atom stereocenters. The van der Waals surface area contributed by atoms with Crippen LogP contribution in [-0.2, 0) is 14.3 Å². The van der Waals surface area contributed by atoms with E-state index in [0.29, 0.717) is 19.3 Å². The topological polar surface area (TPSA) is 104 Å². The van der Waals surface area contributed by atoms with Gasteiger partial charge in [0.1, 0.15) is 6.10 Å². The third-order valence-electron chi connectivity index (χ3n) is 8.91. The highest BCUT2D eigenvalue weighted by atomic mass is 16.5. The van der Waals surface area contributed by atoms with Gasteiger partial charge in [-0.1, -0.05) is 27.4 Å². The number of ether oxygens (including phenoxy) is 1. The molecule has 0 aromatic rings. The number of fused-ring (bicyclic) bond motifs is 3. The summed E-state index contributed by atoms with van der Waals surface area (Å²) in [5.74, 6) is -2.01. The SMILES string of the molecule is C=C1C(=O)[C@]23[C@H](C[C@@H](OC(C)=O)[C@H]1[C@@H]2O)[C@@]1(C)[C@H](O)CCC(C)(C)[C@@H]1C[C@@H]3O. The molecule has 0 radical (unpaired) electrons. The molecule has 4 aliphatic carbocycles. The lowest BCUT2D eigenvalue weighted by molar-refractivity contribution is -0.263. The lowest BCUT2D eigenvalue weighted by Crippen LogP contribution is -2.71. The average molecular weight is 392 g/mol. The monoisotopic (exact) mass is 392 g/mol. The van der Waals surface area contributed by atoms with E-state index in [1.54, 1.807) is 0 Å². The van der Waals surface area contributed by atoms with E-state index in [2.05, 4.69) is 20.4 Å². The molecule has 4 rings (SSSR count). The molecule has 4 aliphatic rings. The number of Topliss-reactive ketones (excluding diaryl/α,β-unsaturated/α-hetero) is 1. The van der Waals surface area contributed by atoms with Gasteiger partial charge < -0.3 is 20.1 Å². The van der Waals surface area contributed by atoms with Crippen molar-refractivity contribution in [3.8, 4) is 0 Å². The Morgan fingerprint density at radius 2 is 1.75 bits per heavy atom. The van der Waals surface area contributed by atoms with Crippen LogP contribution in [0.3, 0.4) is 0 Å². The molecule has 0 amide bonds. The van der Waals surface area contributed by atoms with Crippen molar-refractivity contribution in [2.24, 2.45) is 34.0 Å². The van der Waals surface area contributed by atoms with E-state index in [1.807, 2.05) is 6.92 Å². The molecule has 4 fully saturated rings. The number of hydrogen-bond acceptors (Lipinski definition) is 6. The first-order chi connectivity index (χ1) is 12.9. The highest BCUT2D eigenvalue weighted by Crippen LogP contribution is 2.71. The van der Waals surface area contributed by atoms with E-state index in [1.165, 1.54) is 6.92 Å². The van der Waals surface area contributed by atoms with Gasteiger partial charge in [0.25, 0.3) is 0 Å². The Balaban J connectivity index is 1.91. The Morgan fingerprint density at radius 1 is 1.11 bits per heavy atom. The van der Waals surface area contributed by atoms with Crippen molar-refractivity contribution in [2.45, 2.75) is 77.8 Å². The maximum atomic E-state index is 13.4. The van der Waals surface area contributed by atoms with Crippen LogP contribution in [0.25, 0.3) is 0 Å². The van der Waals surface area contributed by atoms with E-state index >= 15 is 0 Å². The van der Waals surface area contributed by atoms with Crippen LogP contribution in [0.2, 0.25) is 0 Å². The van der Waals surface area contributed by atoms with Crippen molar-refractivity contribution in [3.63, 3.8) is 0 Å². The van der Waals surface area contributed by atoms with Gasteiger partial charge in [-0.05, 0) is 48.5 Å². The third kappa shape index (κ3) is 2.14. The fourth-order valence-electron chi connectivity index (χ4n) is 7.64. The number of carbonyl (C=O) groups is 2. The van der Waals surface area contributed by atoms with Crippen molar-refractivity contribution >= 4 is 11.8 Å². The number of ketones is 1. The second kappa shape index (κ2) is 5.89. The van der Waals surface area contributed by atoms with Crippen molar-refractivity contribution in [1.82, 2.24) is 0 Å². The highest BCUT2D eigenvalue weighted by Gasteiger charge is 2.77. The Kier molecular flexibility index (Phi) is 4.22. The Bertz CT molecular complexity index is 743. The minimum atomic E-state index is -1.38. The number of carbonyl (C=O) groups excluding carboxylic acids is 2. The van der Waals surface area contributed by atoms with Gasteiger partial charge >= 0.3 is 5.97 Å². The summed E-state index contributed by atoms with van der Waals surface area (Å²) in [6, 6.07) is 0. The largest absolute Gasteiger partial charge is 0.462 e. The first-order valence-corrected chi connectivity index (χ1v) is 10.3. The van der Waals surface area contributed by atoms with Crippen LogP contribution in [0.15, 0.2) is 12.2 Å². The summed E-state index contributed by atoms with van der Waals surface area (Å²) in [4.78, 5) is 25.2. The predicted molar refractivity (Wildman–Crippen MR) is 101 cm³/mol. The molecule has 0 aromatic carbocycles. The fraction of sp³-hybridized carbons (Fsp3) is 0.818.